The minimum absolute atomic E-state index is 0.717. The quantitative estimate of drug-likeness (QED) is 0.884. The SMILES string of the molecule is CNC(Cc1ccc(Br)s1)C1C2C3CCC(C3)C21. The lowest BCUT2D eigenvalue weighted by atomic mass is 9.95. The summed E-state index contributed by atoms with van der Waals surface area (Å²) in [7, 11) is 2.16. The molecule has 3 aliphatic rings. The van der Waals surface area contributed by atoms with Crippen molar-refractivity contribution < 1.29 is 0 Å². The van der Waals surface area contributed by atoms with Crippen molar-refractivity contribution in [3.8, 4) is 0 Å². The summed E-state index contributed by atoms with van der Waals surface area (Å²) in [6.07, 6.45) is 5.85. The van der Waals surface area contributed by atoms with Gasteiger partial charge < -0.3 is 5.32 Å². The summed E-state index contributed by atoms with van der Waals surface area (Å²) in [6.45, 7) is 0. The number of rotatable bonds is 4. The summed E-state index contributed by atoms with van der Waals surface area (Å²) in [6, 6.07) is 5.18. The van der Waals surface area contributed by atoms with Crippen LogP contribution in [0.4, 0.5) is 0 Å². The van der Waals surface area contributed by atoms with E-state index in [-0.39, 0.29) is 0 Å². The van der Waals surface area contributed by atoms with Gasteiger partial charge in [0.1, 0.15) is 0 Å². The molecule has 0 spiro atoms. The van der Waals surface area contributed by atoms with Crippen LogP contribution in [-0.4, -0.2) is 13.1 Å². The summed E-state index contributed by atoms with van der Waals surface area (Å²) < 4.78 is 1.27. The molecule has 0 aliphatic heterocycles. The van der Waals surface area contributed by atoms with Gasteiger partial charge >= 0.3 is 0 Å². The first-order valence-corrected chi connectivity index (χ1v) is 8.80. The monoisotopic (exact) mass is 325 g/mol. The standard InChI is InChI=1S/C15H20BrNS/c1-17-11(7-10-4-5-12(16)18-10)15-13-8-2-3-9(6-8)14(13)15/h4-5,8-9,11,13-15,17H,2-3,6-7H2,1H3. The molecule has 1 heterocycles. The average molecular weight is 326 g/mol. The Morgan fingerprint density at radius 3 is 2.61 bits per heavy atom. The van der Waals surface area contributed by atoms with E-state index >= 15 is 0 Å². The maximum Gasteiger partial charge on any atom is 0.0701 e. The molecule has 0 radical (unpaired) electrons. The van der Waals surface area contributed by atoms with E-state index in [0.29, 0.717) is 6.04 Å². The number of fused-ring (bicyclic) bond motifs is 5. The van der Waals surface area contributed by atoms with E-state index in [9.17, 15) is 0 Å². The van der Waals surface area contributed by atoms with E-state index in [0.717, 1.165) is 29.6 Å². The van der Waals surface area contributed by atoms with Crippen molar-refractivity contribution in [2.45, 2.75) is 31.7 Å². The number of halogens is 1. The van der Waals surface area contributed by atoms with Crippen molar-refractivity contribution in [2.75, 3.05) is 7.05 Å². The van der Waals surface area contributed by atoms with Gasteiger partial charge in [0.15, 0.2) is 0 Å². The molecule has 98 valence electrons. The normalized spacial score (nSPS) is 42.0. The van der Waals surface area contributed by atoms with E-state index in [1.807, 2.05) is 11.3 Å². The minimum Gasteiger partial charge on any atom is -0.316 e. The Morgan fingerprint density at radius 2 is 2.06 bits per heavy atom. The third-order valence-electron chi connectivity index (χ3n) is 5.68. The van der Waals surface area contributed by atoms with Gasteiger partial charge in [-0.05, 0) is 90.4 Å². The van der Waals surface area contributed by atoms with Gasteiger partial charge in [-0.25, -0.2) is 0 Å². The average Bonchev–Trinajstić information content (AvgIpc) is 2.71. The molecule has 0 amide bonds. The van der Waals surface area contributed by atoms with Gasteiger partial charge in [-0.2, -0.15) is 0 Å². The fourth-order valence-corrected chi connectivity index (χ4v) is 6.58. The summed E-state index contributed by atoms with van der Waals surface area (Å²) in [5, 5.41) is 3.61. The summed E-state index contributed by atoms with van der Waals surface area (Å²) >= 11 is 5.47. The molecule has 1 aromatic heterocycles. The second kappa shape index (κ2) is 4.32. The Hall–Kier alpha value is 0.140. The van der Waals surface area contributed by atoms with Crippen LogP contribution in [0, 0.1) is 29.6 Å². The molecule has 5 atom stereocenters. The fraction of sp³-hybridized carbons (Fsp3) is 0.733. The first-order chi connectivity index (χ1) is 8.78. The zero-order valence-electron chi connectivity index (χ0n) is 10.7. The van der Waals surface area contributed by atoms with Gasteiger partial charge in [-0.1, -0.05) is 0 Å². The smallest absolute Gasteiger partial charge is 0.0701 e. The van der Waals surface area contributed by atoms with Crippen LogP contribution >= 0.6 is 27.3 Å². The summed E-state index contributed by atoms with van der Waals surface area (Å²) in [5.41, 5.74) is 0. The topological polar surface area (TPSA) is 12.0 Å². The second-order valence-electron chi connectivity index (χ2n) is 6.37. The third-order valence-corrected chi connectivity index (χ3v) is 7.33. The van der Waals surface area contributed by atoms with E-state index in [4.69, 9.17) is 0 Å². The van der Waals surface area contributed by atoms with Gasteiger partial charge in [0.2, 0.25) is 0 Å². The second-order valence-corrected chi connectivity index (χ2v) is 8.92. The number of nitrogens with one attached hydrogen (secondary N) is 1. The highest BCUT2D eigenvalue weighted by atomic mass is 79.9. The molecule has 1 nitrogen and oxygen atoms in total. The lowest BCUT2D eigenvalue weighted by Crippen LogP contribution is -2.32. The zero-order valence-corrected chi connectivity index (χ0v) is 13.1. The lowest BCUT2D eigenvalue weighted by molar-refractivity contribution is 0.378. The van der Waals surface area contributed by atoms with Crippen molar-refractivity contribution in [1.82, 2.24) is 5.32 Å². The Labute approximate surface area is 121 Å². The van der Waals surface area contributed by atoms with E-state index in [2.05, 4.69) is 40.4 Å². The number of hydrogen-bond acceptors (Lipinski definition) is 2. The van der Waals surface area contributed by atoms with Crippen LogP contribution in [0.15, 0.2) is 15.9 Å². The van der Waals surface area contributed by atoms with Crippen molar-refractivity contribution in [3.63, 3.8) is 0 Å². The van der Waals surface area contributed by atoms with Gasteiger partial charge in [0.05, 0.1) is 3.79 Å². The fourth-order valence-electron chi connectivity index (χ4n) is 5.04. The highest BCUT2D eigenvalue weighted by molar-refractivity contribution is 9.11. The third kappa shape index (κ3) is 1.74. The Kier molecular flexibility index (Phi) is 2.86. The zero-order chi connectivity index (χ0) is 12.3. The van der Waals surface area contributed by atoms with Gasteiger partial charge in [-0.3, -0.25) is 0 Å². The molecule has 1 N–H and O–H groups in total. The van der Waals surface area contributed by atoms with Crippen LogP contribution < -0.4 is 5.32 Å². The van der Waals surface area contributed by atoms with E-state index in [1.54, 1.807) is 6.42 Å². The molecule has 2 bridgehead atoms. The molecule has 4 rings (SSSR count). The molecule has 5 unspecified atom stereocenters. The van der Waals surface area contributed by atoms with Gasteiger partial charge in [0, 0.05) is 10.9 Å². The predicted molar refractivity (Wildman–Crippen MR) is 79.9 cm³/mol. The van der Waals surface area contributed by atoms with Crippen LogP contribution in [0.2, 0.25) is 0 Å². The summed E-state index contributed by atoms with van der Waals surface area (Å²) in [4.78, 5) is 1.53. The predicted octanol–water partition coefficient (Wildman–Crippen LogP) is 3.93. The number of hydrogen-bond donors (Lipinski definition) is 1. The molecule has 3 heteroatoms. The Balaban J connectivity index is 1.47. The molecule has 3 fully saturated rings. The highest BCUT2D eigenvalue weighted by Crippen LogP contribution is 2.70. The van der Waals surface area contributed by atoms with Crippen molar-refractivity contribution >= 4 is 27.3 Å². The molecule has 18 heavy (non-hydrogen) atoms. The molecule has 0 aromatic carbocycles. The van der Waals surface area contributed by atoms with Gasteiger partial charge in [0.25, 0.3) is 0 Å². The maximum absolute atomic E-state index is 3.61. The molecular weight excluding hydrogens is 306 g/mol. The molecular formula is C15H20BrNS. The molecule has 0 saturated heterocycles. The van der Waals surface area contributed by atoms with Crippen LogP contribution in [0.25, 0.3) is 0 Å². The highest BCUT2D eigenvalue weighted by Gasteiger charge is 2.66. The van der Waals surface area contributed by atoms with E-state index < -0.39 is 0 Å². The van der Waals surface area contributed by atoms with Crippen molar-refractivity contribution in [3.05, 3.63) is 20.8 Å². The number of likely N-dealkylation sites (N-methyl/N-ethyl adjacent to an activating group) is 1. The largest absolute Gasteiger partial charge is 0.316 e. The van der Waals surface area contributed by atoms with Crippen molar-refractivity contribution in [1.29, 1.82) is 0 Å². The first kappa shape index (κ1) is 11.9. The molecule has 3 saturated carbocycles. The van der Waals surface area contributed by atoms with Crippen molar-refractivity contribution in [2.24, 2.45) is 29.6 Å². The Morgan fingerprint density at radius 1 is 1.33 bits per heavy atom. The van der Waals surface area contributed by atoms with Crippen LogP contribution in [0.1, 0.15) is 24.1 Å². The van der Waals surface area contributed by atoms with Gasteiger partial charge in [-0.15, -0.1) is 11.3 Å². The van der Waals surface area contributed by atoms with Crippen LogP contribution in [-0.2, 0) is 6.42 Å². The lowest BCUT2D eigenvalue weighted by Gasteiger charge is -2.19. The summed E-state index contributed by atoms with van der Waals surface area (Å²) in [5.74, 6) is 5.35. The van der Waals surface area contributed by atoms with Crippen LogP contribution in [0.5, 0.6) is 0 Å². The van der Waals surface area contributed by atoms with E-state index in [1.165, 1.54) is 27.9 Å². The molecule has 3 aliphatic carbocycles. The number of thiophene rings is 1. The minimum atomic E-state index is 0.717. The van der Waals surface area contributed by atoms with Crippen LogP contribution in [0.3, 0.4) is 0 Å². The maximum atomic E-state index is 3.61. The molecule has 1 aromatic rings. The Bertz CT molecular complexity index is 441. The first-order valence-electron chi connectivity index (χ1n) is 7.19.